The van der Waals surface area contributed by atoms with Gasteiger partial charge in [0.1, 0.15) is 0 Å². The minimum absolute atomic E-state index is 0.233. The van der Waals surface area contributed by atoms with Gasteiger partial charge in [-0.15, -0.1) is 0 Å². The van der Waals surface area contributed by atoms with Crippen LogP contribution < -0.4 is 0 Å². The predicted molar refractivity (Wildman–Crippen MR) is 42.5 cm³/mol. The first-order valence-electron chi connectivity index (χ1n) is 3.51. The summed E-state index contributed by atoms with van der Waals surface area (Å²) in [6.45, 7) is -1.14. The monoisotopic (exact) mass is 179 g/mol. The molecule has 0 amide bonds. The van der Waals surface area contributed by atoms with E-state index in [1.165, 1.54) is 24.3 Å². The summed E-state index contributed by atoms with van der Waals surface area (Å²) in [6, 6.07) is 7.66. The second kappa shape index (κ2) is 4.21. The fraction of sp³-hybridized carbons (Fsp3) is 0.111. The molecule has 0 fully saturated rings. The summed E-state index contributed by atoms with van der Waals surface area (Å²) in [5.74, 6) is -0.730. The number of alkyl halides is 1. The molecule has 13 heavy (non-hydrogen) atoms. The summed E-state index contributed by atoms with van der Waals surface area (Å²) in [5.41, 5.74) is 0.674. The molecule has 0 aromatic heterocycles. The highest BCUT2D eigenvalue weighted by Crippen LogP contribution is 2.04. The van der Waals surface area contributed by atoms with Gasteiger partial charge in [-0.2, -0.15) is 5.26 Å². The normalized spacial score (nSPS) is 8.92. The van der Waals surface area contributed by atoms with E-state index in [2.05, 4.69) is 4.74 Å². The topological polar surface area (TPSA) is 50.1 Å². The molecule has 1 aromatic carbocycles. The molecular formula is C9H6FNO2. The Labute approximate surface area is 74.4 Å². The van der Waals surface area contributed by atoms with Crippen molar-refractivity contribution in [2.75, 3.05) is 6.86 Å². The Balaban J connectivity index is 2.81. The lowest BCUT2D eigenvalue weighted by molar-refractivity contribution is 0.0324. The quantitative estimate of drug-likeness (QED) is 0.648. The highest BCUT2D eigenvalue weighted by atomic mass is 19.1. The largest absolute Gasteiger partial charge is 0.430 e. The zero-order chi connectivity index (χ0) is 9.68. The highest BCUT2D eigenvalue weighted by molar-refractivity contribution is 5.89. The minimum atomic E-state index is -1.14. The van der Waals surface area contributed by atoms with Gasteiger partial charge in [-0.25, -0.2) is 9.18 Å². The van der Waals surface area contributed by atoms with E-state index in [1.54, 1.807) is 0 Å². The van der Waals surface area contributed by atoms with Crippen LogP contribution in [0, 0.1) is 11.3 Å². The molecule has 0 radical (unpaired) electrons. The molecule has 0 bridgehead atoms. The van der Waals surface area contributed by atoms with E-state index in [9.17, 15) is 9.18 Å². The third-order valence-electron chi connectivity index (χ3n) is 1.44. The molecule has 0 saturated carbocycles. The molecule has 0 unspecified atom stereocenters. The van der Waals surface area contributed by atoms with Crippen LogP contribution >= 0.6 is 0 Å². The first kappa shape index (κ1) is 9.20. The highest BCUT2D eigenvalue weighted by Gasteiger charge is 2.05. The molecule has 1 rings (SSSR count). The zero-order valence-corrected chi connectivity index (χ0v) is 6.66. The molecule has 1 aromatic rings. The number of nitriles is 1. The van der Waals surface area contributed by atoms with Crippen LogP contribution in [-0.4, -0.2) is 12.8 Å². The SMILES string of the molecule is N#Cc1ccc(C(=O)OCF)cc1. The van der Waals surface area contributed by atoms with Gasteiger partial charge >= 0.3 is 5.97 Å². The third kappa shape index (κ3) is 2.27. The van der Waals surface area contributed by atoms with E-state index in [-0.39, 0.29) is 5.56 Å². The average Bonchev–Trinajstić information content (AvgIpc) is 2.18. The number of carbonyl (C=O) groups is 1. The van der Waals surface area contributed by atoms with Crippen molar-refractivity contribution >= 4 is 5.97 Å². The molecule has 4 heteroatoms. The number of esters is 1. The Morgan fingerprint density at radius 1 is 1.46 bits per heavy atom. The van der Waals surface area contributed by atoms with Crippen molar-refractivity contribution in [3.05, 3.63) is 35.4 Å². The fourth-order valence-electron chi connectivity index (χ4n) is 0.814. The maximum Gasteiger partial charge on any atom is 0.340 e. The van der Waals surface area contributed by atoms with Crippen molar-refractivity contribution in [3.63, 3.8) is 0 Å². The molecule has 0 aliphatic heterocycles. The Kier molecular flexibility index (Phi) is 2.98. The van der Waals surface area contributed by atoms with Crippen molar-refractivity contribution < 1.29 is 13.9 Å². The zero-order valence-electron chi connectivity index (χ0n) is 6.66. The smallest absolute Gasteiger partial charge is 0.340 e. The van der Waals surface area contributed by atoms with Crippen LogP contribution in [0.15, 0.2) is 24.3 Å². The Morgan fingerprint density at radius 3 is 2.54 bits per heavy atom. The lowest BCUT2D eigenvalue weighted by Gasteiger charge is -1.98. The van der Waals surface area contributed by atoms with Crippen molar-refractivity contribution in [3.8, 4) is 6.07 Å². The van der Waals surface area contributed by atoms with Crippen molar-refractivity contribution in [2.45, 2.75) is 0 Å². The second-order valence-electron chi connectivity index (χ2n) is 2.23. The third-order valence-corrected chi connectivity index (χ3v) is 1.44. The van der Waals surface area contributed by atoms with E-state index < -0.39 is 12.8 Å². The summed E-state index contributed by atoms with van der Waals surface area (Å²) in [7, 11) is 0. The Hall–Kier alpha value is -1.89. The van der Waals surface area contributed by atoms with Gasteiger partial charge < -0.3 is 4.74 Å². The van der Waals surface area contributed by atoms with Crippen LogP contribution in [0.4, 0.5) is 4.39 Å². The van der Waals surface area contributed by atoms with Crippen molar-refractivity contribution in [1.29, 1.82) is 5.26 Å². The minimum Gasteiger partial charge on any atom is -0.430 e. The molecule has 0 atom stereocenters. The number of ether oxygens (including phenoxy) is 1. The number of halogens is 1. The molecular weight excluding hydrogens is 173 g/mol. The summed E-state index contributed by atoms with van der Waals surface area (Å²) >= 11 is 0. The van der Waals surface area contributed by atoms with Crippen LogP contribution in [0.5, 0.6) is 0 Å². The summed E-state index contributed by atoms with van der Waals surface area (Å²) < 4.78 is 15.7. The van der Waals surface area contributed by atoms with Crippen LogP contribution in [0.3, 0.4) is 0 Å². The standard InChI is InChI=1S/C9H6FNO2/c10-6-13-9(12)8-3-1-7(5-11)2-4-8/h1-4H,6H2. The van der Waals surface area contributed by atoms with Crippen molar-refractivity contribution in [1.82, 2.24) is 0 Å². The first-order chi connectivity index (χ1) is 6.27. The van der Waals surface area contributed by atoms with Crippen LogP contribution in [0.25, 0.3) is 0 Å². The van der Waals surface area contributed by atoms with E-state index in [4.69, 9.17) is 5.26 Å². The van der Waals surface area contributed by atoms with Gasteiger partial charge in [-0.3, -0.25) is 0 Å². The van der Waals surface area contributed by atoms with Gasteiger partial charge in [-0.1, -0.05) is 0 Å². The molecule has 66 valence electrons. The first-order valence-corrected chi connectivity index (χ1v) is 3.51. The number of nitrogens with zero attached hydrogens (tertiary/aromatic N) is 1. The maximum atomic E-state index is 11.6. The second-order valence-corrected chi connectivity index (χ2v) is 2.23. The Morgan fingerprint density at radius 2 is 2.08 bits per heavy atom. The maximum absolute atomic E-state index is 11.6. The molecule has 0 N–H and O–H groups in total. The van der Waals surface area contributed by atoms with E-state index in [1.807, 2.05) is 6.07 Å². The molecule has 0 spiro atoms. The van der Waals surface area contributed by atoms with E-state index in [0.717, 1.165) is 0 Å². The van der Waals surface area contributed by atoms with Gasteiger partial charge in [0.15, 0.2) is 0 Å². The molecule has 0 aliphatic carbocycles. The van der Waals surface area contributed by atoms with Crippen molar-refractivity contribution in [2.24, 2.45) is 0 Å². The summed E-state index contributed by atoms with van der Waals surface area (Å²) in [6.07, 6.45) is 0. The fourth-order valence-corrected chi connectivity index (χ4v) is 0.814. The van der Waals surface area contributed by atoms with Crippen LogP contribution in [0.2, 0.25) is 0 Å². The number of hydrogen-bond acceptors (Lipinski definition) is 3. The van der Waals surface area contributed by atoms with Crippen LogP contribution in [-0.2, 0) is 4.74 Å². The van der Waals surface area contributed by atoms with Gasteiger partial charge in [0.05, 0.1) is 17.2 Å². The number of rotatable bonds is 2. The van der Waals surface area contributed by atoms with Gasteiger partial charge in [0, 0.05) is 0 Å². The van der Waals surface area contributed by atoms with Gasteiger partial charge in [0.25, 0.3) is 0 Å². The average molecular weight is 179 g/mol. The Bertz CT molecular complexity index is 340. The summed E-state index contributed by atoms with van der Waals surface area (Å²) in [4.78, 5) is 10.9. The van der Waals surface area contributed by atoms with Gasteiger partial charge in [-0.05, 0) is 24.3 Å². The number of carbonyl (C=O) groups excluding carboxylic acids is 1. The number of hydrogen-bond donors (Lipinski definition) is 0. The molecule has 0 saturated heterocycles. The van der Waals surface area contributed by atoms with Crippen LogP contribution in [0.1, 0.15) is 15.9 Å². The molecule has 0 heterocycles. The lowest BCUT2D eigenvalue weighted by Crippen LogP contribution is -2.03. The van der Waals surface area contributed by atoms with Gasteiger partial charge in [0.2, 0.25) is 6.86 Å². The summed E-state index contributed by atoms with van der Waals surface area (Å²) in [5, 5.41) is 8.44. The predicted octanol–water partition coefficient (Wildman–Crippen LogP) is 1.64. The molecule has 0 aliphatic rings. The van der Waals surface area contributed by atoms with E-state index >= 15 is 0 Å². The number of benzene rings is 1. The lowest BCUT2D eigenvalue weighted by atomic mass is 10.1. The molecule has 3 nitrogen and oxygen atoms in total. The van der Waals surface area contributed by atoms with E-state index in [0.29, 0.717) is 5.56 Å².